The Hall–Kier alpha value is -1.40. The average molecular weight is 383 g/mol. The van der Waals surface area contributed by atoms with E-state index in [4.69, 9.17) is 13.9 Å². The molecule has 26 heavy (non-hydrogen) atoms. The lowest BCUT2D eigenvalue weighted by Gasteiger charge is -2.37. The van der Waals surface area contributed by atoms with Gasteiger partial charge in [-0.1, -0.05) is 32.9 Å². The zero-order chi connectivity index (χ0) is 20.0. The number of cyclic esters (lactones) is 2. The second-order valence-electron chi connectivity index (χ2n) is 8.56. The predicted octanol–water partition coefficient (Wildman–Crippen LogP) is 4.39. The van der Waals surface area contributed by atoms with Crippen LogP contribution in [0.5, 0.6) is 0 Å². The van der Waals surface area contributed by atoms with Gasteiger partial charge in [0.05, 0.1) is 6.10 Å². The molecule has 6 heteroatoms. The topological polar surface area (TPSA) is 61.8 Å². The second kappa shape index (κ2) is 9.51. The van der Waals surface area contributed by atoms with E-state index in [1.165, 1.54) is 12.2 Å². The fourth-order valence-corrected chi connectivity index (χ4v) is 3.37. The molecule has 0 saturated heterocycles. The Kier molecular flexibility index (Phi) is 8.28. The maximum Gasteiger partial charge on any atom is 0.330 e. The number of hydrogen-bond acceptors (Lipinski definition) is 5. The van der Waals surface area contributed by atoms with Gasteiger partial charge >= 0.3 is 11.9 Å². The van der Waals surface area contributed by atoms with Crippen LogP contribution in [0.15, 0.2) is 24.3 Å². The quantitative estimate of drug-likeness (QED) is 0.535. The lowest BCUT2D eigenvalue weighted by Crippen LogP contribution is -2.42. The van der Waals surface area contributed by atoms with E-state index in [9.17, 15) is 9.59 Å². The number of rotatable bonds is 3. The molecule has 0 bridgehead atoms. The molecule has 0 unspecified atom stereocenters. The SMILES string of the molecule is C[C@@H]1C/C=C/C(=O)O[C@@H](C)C[C@@H](CO[Si](C)(C)C(C)(C)C)/C=C/C(=O)O1. The van der Waals surface area contributed by atoms with Crippen molar-refractivity contribution in [3.05, 3.63) is 24.3 Å². The molecule has 1 heterocycles. The first-order valence-corrected chi connectivity index (χ1v) is 12.2. The molecule has 5 nitrogen and oxygen atoms in total. The van der Waals surface area contributed by atoms with Crippen LogP contribution in [-0.4, -0.2) is 39.1 Å². The average Bonchev–Trinajstić information content (AvgIpc) is 2.48. The zero-order valence-corrected chi connectivity index (χ0v) is 18.2. The molecule has 0 aromatic heterocycles. The second-order valence-corrected chi connectivity index (χ2v) is 13.4. The van der Waals surface area contributed by atoms with Gasteiger partial charge in [0.25, 0.3) is 0 Å². The van der Waals surface area contributed by atoms with Gasteiger partial charge in [0.2, 0.25) is 0 Å². The third-order valence-electron chi connectivity index (χ3n) is 4.96. The van der Waals surface area contributed by atoms with Crippen molar-refractivity contribution in [1.29, 1.82) is 0 Å². The number of carbonyl (C=O) groups is 2. The van der Waals surface area contributed by atoms with E-state index in [-0.39, 0.29) is 35.1 Å². The predicted molar refractivity (Wildman–Crippen MR) is 105 cm³/mol. The minimum absolute atomic E-state index is 0.0282. The maximum absolute atomic E-state index is 12.0. The fourth-order valence-electron chi connectivity index (χ4n) is 2.30. The van der Waals surface area contributed by atoms with Gasteiger partial charge < -0.3 is 13.9 Å². The van der Waals surface area contributed by atoms with Crippen LogP contribution in [0.4, 0.5) is 0 Å². The molecule has 0 amide bonds. The largest absolute Gasteiger partial charge is 0.459 e. The van der Waals surface area contributed by atoms with E-state index >= 15 is 0 Å². The summed E-state index contributed by atoms with van der Waals surface area (Å²) >= 11 is 0. The Morgan fingerprint density at radius 2 is 1.65 bits per heavy atom. The minimum atomic E-state index is -1.90. The number of carbonyl (C=O) groups excluding carboxylic acids is 2. The van der Waals surface area contributed by atoms with E-state index in [2.05, 4.69) is 33.9 Å². The first-order chi connectivity index (χ1) is 11.9. The van der Waals surface area contributed by atoms with Gasteiger partial charge in [-0.15, -0.1) is 0 Å². The molecule has 0 fully saturated rings. The van der Waals surface area contributed by atoms with Crippen LogP contribution in [0.2, 0.25) is 18.1 Å². The van der Waals surface area contributed by atoms with Crippen molar-refractivity contribution in [3.63, 3.8) is 0 Å². The van der Waals surface area contributed by atoms with Crippen molar-refractivity contribution in [1.82, 2.24) is 0 Å². The van der Waals surface area contributed by atoms with E-state index < -0.39 is 8.32 Å². The van der Waals surface area contributed by atoms with Crippen LogP contribution >= 0.6 is 0 Å². The first kappa shape index (κ1) is 22.6. The van der Waals surface area contributed by atoms with E-state index in [1.54, 1.807) is 13.0 Å². The van der Waals surface area contributed by atoms with Crippen molar-refractivity contribution in [2.24, 2.45) is 5.92 Å². The first-order valence-electron chi connectivity index (χ1n) is 9.30. The summed E-state index contributed by atoms with van der Waals surface area (Å²) in [4.78, 5) is 23.8. The van der Waals surface area contributed by atoms with Gasteiger partial charge in [0, 0.05) is 31.1 Å². The summed E-state index contributed by atoms with van der Waals surface area (Å²) in [5.41, 5.74) is 0. The van der Waals surface area contributed by atoms with Crippen molar-refractivity contribution in [2.75, 3.05) is 6.61 Å². The highest BCUT2D eigenvalue weighted by Gasteiger charge is 2.37. The molecule has 0 saturated carbocycles. The fraction of sp³-hybridized carbons (Fsp3) is 0.700. The molecule has 1 aliphatic heterocycles. The molecule has 148 valence electrons. The summed E-state index contributed by atoms with van der Waals surface area (Å²) in [6.45, 7) is 15.1. The molecular formula is C20H34O5Si. The third kappa shape index (κ3) is 7.87. The van der Waals surface area contributed by atoms with Crippen LogP contribution in [0, 0.1) is 5.92 Å². The highest BCUT2D eigenvalue weighted by Crippen LogP contribution is 2.37. The maximum atomic E-state index is 12.0. The van der Waals surface area contributed by atoms with Crippen molar-refractivity contribution in [2.45, 2.75) is 77.8 Å². The van der Waals surface area contributed by atoms with Gasteiger partial charge in [-0.25, -0.2) is 9.59 Å². The summed E-state index contributed by atoms with van der Waals surface area (Å²) < 4.78 is 17.0. The molecule has 0 aromatic rings. The van der Waals surface area contributed by atoms with Gasteiger partial charge in [-0.05, 0) is 38.4 Å². The number of ether oxygens (including phenoxy) is 2. The number of esters is 2. The number of hydrogen-bond donors (Lipinski definition) is 0. The van der Waals surface area contributed by atoms with Gasteiger partial charge in [0.15, 0.2) is 8.32 Å². The minimum Gasteiger partial charge on any atom is -0.459 e. The molecular weight excluding hydrogens is 348 g/mol. The lowest BCUT2D eigenvalue weighted by molar-refractivity contribution is -0.143. The summed E-state index contributed by atoms with van der Waals surface area (Å²) in [5.74, 6) is -0.773. The summed E-state index contributed by atoms with van der Waals surface area (Å²) in [6.07, 6.45) is 6.86. The Bertz CT molecular complexity index is 545. The smallest absolute Gasteiger partial charge is 0.330 e. The Balaban J connectivity index is 2.89. The zero-order valence-electron chi connectivity index (χ0n) is 17.2. The van der Waals surface area contributed by atoms with E-state index in [1.807, 2.05) is 13.0 Å². The van der Waals surface area contributed by atoms with Crippen LogP contribution in [0.3, 0.4) is 0 Å². The van der Waals surface area contributed by atoms with Crippen LogP contribution in [0.25, 0.3) is 0 Å². The van der Waals surface area contributed by atoms with E-state index in [0.717, 1.165) is 0 Å². The van der Waals surface area contributed by atoms with Crippen molar-refractivity contribution < 1.29 is 23.5 Å². The van der Waals surface area contributed by atoms with Gasteiger partial charge in [-0.2, -0.15) is 0 Å². The van der Waals surface area contributed by atoms with E-state index in [0.29, 0.717) is 19.4 Å². The molecule has 0 N–H and O–H groups in total. The molecule has 0 aromatic carbocycles. The molecule has 0 aliphatic carbocycles. The highest BCUT2D eigenvalue weighted by molar-refractivity contribution is 6.74. The summed E-state index contributed by atoms with van der Waals surface area (Å²) in [6, 6.07) is 0. The molecule has 0 spiro atoms. The summed E-state index contributed by atoms with van der Waals surface area (Å²) in [7, 11) is -1.90. The van der Waals surface area contributed by atoms with Gasteiger partial charge in [0.1, 0.15) is 6.10 Å². The molecule has 0 radical (unpaired) electrons. The third-order valence-corrected chi connectivity index (χ3v) is 9.46. The van der Waals surface area contributed by atoms with Crippen molar-refractivity contribution >= 4 is 20.3 Å². The Morgan fingerprint density at radius 1 is 1.08 bits per heavy atom. The van der Waals surface area contributed by atoms with Gasteiger partial charge in [-0.3, -0.25) is 0 Å². The molecule has 1 rings (SSSR count). The molecule has 1 aliphatic rings. The van der Waals surface area contributed by atoms with Crippen LogP contribution in [-0.2, 0) is 23.5 Å². The Labute approximate surface area is 158 Å². The normalized spacial score (nSPS) is 28.8. The highest BCUT2D eigenvalue weighted by atomic mass is 28.4. The standard InChI is InChI=1S/C20H34O5Si/c1-15-9-8-10-18(21)25-16(2)13-17(11-12-19(22)24-15)14-23-26(6,7)20(3,4)5/h8,10-12,15-17H,9,13-14H2,1-7H3/b10-8+,12-11+/t15-,16+,17+/m1/s1. The monoisotopic (exact) mass is 382 g/mol. The van der Waals surface area contributed by atoms with Crippen LogP contribution in [0.1, 0.15) is 47.5 Å². The summed E-state index contributed by atoms with van der Waals surface area (Å²) in [5, 5.41) is 0.108. The Morgan fingerprint density at radius 3 is 2.27 bits per heavy atom. The molecule has 3 atom stereocenters. The van der Waals surface area contributed by atoms with Crippen LogP contribution < -0.4 is 0 Å². The lowest BCUT2D eigenvalue weighted by atomic mass is 10.0. The van der Waals surface area contributed by atoms with Crippen molar-refractivity contribution in [3.8, 4) is 0 Å².